The minimum atomic E-state index is -0.296. The molecule has 176 valence electrons. The number of halogens is 1. The quantitative estimate of drug-likeness (QED) is 0.419. The number of carbonyl (C=O) groups is 1. The predicted octanol–water partition coefficient (Wildman–Crippen LogP) is 5.64. The van der Waals surface area contributed by atoms with Crippen molar-refractivity contribution in [3.63, 3.8) is 0 Å². The Hall–Kier alpha value is -3.61. The first-order valence-electron chi connectivity index (χ1n) is 11.7. The number of H-pyrrole nitrogens is 1. The zero-order valence-electron chi connectivity index (χ0n) is 19.7. The Balaban J connectivity index is 1.35. The van der Waals surface area contributed by atoms with Crippen LogP contribution in [0.2, 0.25) is 0 Å². The van der Waals surface area contributed by atoms with Gasteiger partial charge < -0.3 is 14.6 Å². The maximum atomic E-state index is 13.5. The lowest BCUT2D eigenvalue weighted by molar-refractivity contribution is 0.0711. The Morgan fingerprint density at radius 3 is 2.56 bits per heavy atom. The highest BCUT2D eigenvalue weighted by molar-refractivity contribution is 5.95. The second kappa shape index (κ2) is 8.97. The van der Waals surface area contributed by atoms with E-state index in [0.717, 1.165) is 35.5 Å². The molecule has 7 heteroatoms. The van der Waals surface area contributed by atoms with Gasteiger partial charge >= 0.3 is 0 Å². The number of likely N-dealkylation sites (tertiary alicyclic amines) is 1. The van der Waals surface area contributed by atoms with Gasteiger partial charge in [-0.05, 0) is 72.7 Å². The van der Waals surface area contributed by atoms with Gasteiger partial charge in [0.25, 0.3) is 5.91 Å². The van der Waals surface area contributed by atoms with E-state index in [4.69, 9.17) is 4.74 Å². The molecule has 2 aromatic carbocycles. The molecule has 0 aliphatic carbocycles. The Labute approximate surface area is 198 Å². The Morgan fingerprint density at radius 1 is 1.15 bits per heavy atom. The summed E-state index contributed by atoms with van der Waals surface area (Å²) in [5.74, 6) is 1.04. The van der Waals surface area contributed by atoms with E-state index in [2.05, 4.69) is 22.3 Å². The number of ether oxygens (including phenoxy) is 1. The van der Waals surface area contributed by atoms with Crippen molar-refractivity contribution in [2.24, 2.45) is 0 Å². The second-order valence-corrected chi connectivity index (χ2v) is 9.21. The number of carbonyl (C=O) groups excluding carboxylic acids is 1. The van der Waals surface area contributed by atoms with Gasteiger partial charge in [0.2, 0.25) is 0 Å². The first-order valence-corrected chi connectivity index (χ1v) is 11.7. The topological polar surface area (TPSA) is 63.1 Å². The van der Waals surface area contributed by atoms with E-state index in [1.54, 1.807) is 30.1 Å². The third-order valence-corrected chi connectivity index (χ3v) is 6.80. The maximum Gasteiger partial charge on any atom is 0.257 e. The van der Waals surface area contributed by atoms with Crippen LogP contribution in [0.15, 0.2) is 54.9 Å². The lowest BCUT2D eigenvalue weighted by Crippen LogP contribution is -2.38. The summed E-state index contributed by atoms with van der Waals surface area (Å²) in [4.78, 5) is 18.8. The van der Waals surface area contributed by atoms with Crippen molar-refractivity contribution in [1.29, 1.82) is 0 Å². The SMILES string of the molecule is COc1ccc2[nH]cc(C3CCN(C(=O)c4cnn(-c5ccc(F)cc5)c4C(C)C)CC3)c2c1. The molecule has 0 bridgehead atoms. The highest BCUT2D eigenvalue weighted by atomic mass is 19.1. The van der Waals surface area contributed by atoms with Crippen LogP contribution in [0.3, 0.4) is 0 Å². The lowest BCUT2D eigenvalue weighted by Gasteiger charge is -2.32. The van der Waals surface area contributed by atoms with Crippen molar-refractivity contribution in [2.45, 2.75) is 38.5 Å². The molecule has 1 aliphatic heterocycles. The standard InChI is InChI=1S/C27H29FN4O2/c1-17(2)26-24(16-30-32(26)20-6-4-19(28)5-7-20)27(33)31-12-10-18(11-13-31)23-15-29-25-9-8-21(34-3)14-22(23)25/h4-9,14-18,29H,10-13H2,1-3H3. The number of aromatic nitrogens is 3. The largest absolute Gasteiger partial charge is 0.497 e. The molecule has 1 aliphatic rings. The van der Waals surface area contributed by atoms with Crippen LogP contribution < -0.4 is 4.74 Å². The molecule has 0 atom stereocenters. The summed E-state index contributed by atoms with van der Waals surface area (Å²) in [5.41, 5.74) is 4.60. The number of methoxy groups -OCH3 is 1. The average molecular weight is 461 g/mol. The Bertz CT molecular complexity index is 1310. The number of hydrogen-bond acceptors (Lipinski definition) is 3. The number of nitrogens with one attached hydrogen (secondary N) is 1. The van der Waals surface area contributed by atoms with Crippen LogP contribution in [-0.4, -0.2) is 45.8 Å². The molecule has 0 spiro atoms. The van der Waals surface area contributed by atoms with Gasteiger partial charge in [0, 0.05) is 30.2 Å². The van der Waals surface area contributed by atoms with Crippen molar-refractivity contribution in [1.82, 2.24) is 19.7 Å². The summed E-state index contributed by atoms with van der Waals surface area (Å²) in [7, 11) is 1.68. The second-order valence-electron chi connectivity index (χ2n) is 9.21. The lowest BCUT2D eigenvalue weighted by atomic mass is 9.89. The minimum Gasteiger partial charge on any atom is -0.497 e. The smallest absolute Gasteiger partial charge is 0.257 e. The van der Waals surface area contributed by atoms with E-state index in [9.17, 15) is 9.18 Å². The molecule has 1 fully saturated rings. The fraction of sp³-hybridized carbons (Fsp3) is 0.333. The van der Waals surface area contributed by atoms with E-state index >= 15 is 0 Å². The summed E-state index contributed by atoms with van der Waals surface area (Å²) < 4.78 is 20.6. The zero-order chi connectivity index (χ0) is 23.8. The van der Waals surface area contributed by atoms with E-state index in [1.165, 1.54) is 23.1 Å². The number of benzene rings is 2. The molecule has 5 rings (SSSR count). The van der Waals surface area contributed by atoms with Crippen LogP contribution in [0.1, 0.15) is 60.1 Å². The van der Waals surface area contributed by atoms with Crippen LogP contribution in [0, 0.1) is 5.82 Å². The molecular formula is C27H29FN4O2. The van der Waals surface area contributed by atoms with Crippen molar-refractivity contribution in [3.05, 3.63) is 77.5 Å². The number of aromatic amines is 1. The summed E-state index contributed by atoms with van der Waals surface area (Å²) in [6.45, 7) is 5.48. The Morgan fingerprint density at radius 2 is 1.88 bits per heavy atom. The number of amides is 1. The van der Waals surface area contributed by atoms with Crippen LogP contribution >= 0.6 is 0 Å². The van der Waals surface area contributed by atoms with Crippen LogP contribution in [0.4, 0.5) is 4.39 Å². The third-order valence-electron chi connectivity index (χ3n) is 6.80. The molecule has 1 saturated heterocycles. The van der Waals surface area contributed by atoms with Crippen molar-refractivity contribution in [3.8, 4) is 11.4 Å². The number of fused-ring (bicyclic) bond motifs is 1. The van der Waals surface area contributed by atoms with E-state index in [0.29, 0.717) is 24.6 Å². The number of nitrogens with zero attached hydrogens (tertiary/aromatic N) is 3. The molecular weight excluding hydrogens is 431 g/mol. The van der Waals surface area contributed by atoms with E-state index in [1.807, 2.05) is 30.9 Å². The number of rotatable bonds is 5. The molecule has 6 nitrogen and oxygen atoms in total. The fourth-order valence-electron chi connectivity index (χ4n) is 5.02. The van der Waals surface area contributed by atoms with Crippen molar-refractivity contribution < 1.29 is 13.9 Å². The fourth-order valence-corrected chi connectivity index (χ4v) is 5.02. The van der Waals surface area contributed by atoms with Crippen LogP contribution in [0.5, 0.6) is 5.75 Å². The third kappa shape index (κ3) is 3.95. The molecule has 3 heterocycles. The van der Waals surface area contributed by atoms with Gasteiger partial charge in [-0.25, -0.2) is 9.07 Å². The highest BCUT2D eigenvalue weighted by Gasteiger charge is 2.29. The van der Waals surface area contributed by atoms with Gasteiger partial charge in [-0.2, -0.15) is 5.10 Å². The molecule has 1 N–H and O–H groups in total. The normalized spacial score (nSPS) is 14.8. The summed E-state index contributed by atoms with van der Waals surface area (Å²) >= 11 is 0. The van der Waals surface area contributed by atoms with Crippen molar-refractivity contribution in [2.75, 3.05) is 20.2 Å². The van der Waals surface area contributed by atoms with Gasteiger partial charge in [-0.15, -0.1) is 0 Å². The van der Waals surface area contributed by atoms with E-state index < -0.39 is 0 Å². The number of hydrogen-bond donors (Lipinski definition) is 1. The van der Waals surface area contributed by atoms with Gasteiger partial charge in [0.05, 0.1) is 30.3 Å². The summed E-state index contributed by atoms with van der Waals surface area (Å²) in [6, 6.07) is 12.3. The minimum absolute atomic E-state index is 0.0103. The zero-order valence-corrected chi connectivity index (χ0v) is 19.7. The summed E-state index contributed by atoms with van der Waals surface area (Å²) in [6.07, 6.45) is 5.55. The monoisotopic (exact) mass is 460 g/mol. The van der Waals surface area contributed by atoms with Gasteiger partial charge in [0.1, 0.15) is 11.6 Å². The maximum absolute atomic E-state index is 13.5. The van der Waals surface area contributed by atoms with Crippen LogP contribution in [-0.2, 0) is 0 Å². The Kier molecular flexibility index (Phi) is 5.86. The van der Waals surface area contributed by atoms with Crippen LogP contribution in [0.25, 0.3) is 16.6 Å². The predicted molar refractivity (Wildman–Crippen MR) is 130 cm³/mol. The van der Waals surface area contributed by atoms with Gasteiger partial charge in [-0.1, -0.05) is 13.8 Å². The van der Waals surface area contributed by atoms with Gasteiger partial charge in [-0.3, -0.25) is 4.79 Å². The molecule has 0 saturated carbocycles. The molecule has 0 unspecified atom stereocenters. The molecule has 34 heavy (non-hydrogen) atoms. The highest BCUT2D eigenvalue weighted by Crippen LogP contribution is 2.35. The molecule has 1 amide bonds. The van der Waals surface area contributed by atoms with E-state index in [-0.39, 0.29) is 17.6 Å². The molecule has 2 aromatic heterocycles. The molecule has 4 aromatic rings. The number of piperidine rings is 1. The average Bonchev–Trinajstić information content (AvgIpc) is 3.48. The first-order chi connectivity index (χ1) is 16.5. The summed E-state index contributed by atoms with van der Waals surface area (Å²) in [5, 5.41) is 5.68. The first kappa shape index (κ1) is 22.2. The molecule has 0 radical (unpaired) electrons. The van der Waals surface area contributed by atoms with Crippen molar-refractivity contribution >= 4 is 16.8 Å². The van der Waals surface area contributed by atoms with Gasteiger partial charge in [0.15, 0.2) is 0 Å².